The lowest BCUT2D eigenvalue weighted by atomic mass is 9.52. The molecule has 0 amide bonds. The van der Waals surface area contributed by atoms with Gasteiger partial charge in [0.15, 0.2) is 0 Å². The van der Waals surface area contributed by atoms with Crippen LogP contribution in [0.25, 0.3) is 0 Å². The van der Waals surface area contributed by atoms with Gasteiger partial charge in [-0.1, -0.05) is 38.8 Å². The fourth-order valence-electron chi connectivity index (χ4n) is 3.14. The van der Waals surface area contributed by atoms with Crippen molar-refractivity contribution in [1.82, 2.24) is 0 Å². The molecule has 1 aliphatic carbocycles. The lowest BCUT2D eigenvalue weighted by Gasteiger charge is -2.53. The maximum atomic E-state index is 10.8. The van der Waals surface area contributed by atoms with Crippen molar-refractivity contribution in [3.63, 3.8) is 0 Å². The summed E-state index contributed by atoms with van der Waals surface area (Å²) in [5.74, 6) is 1.24. The van der Waals surface area contributed by atoms with Gasteiger partial charge in [-0.15, -0.1) is 0 Å². The largest absolute Gasteiger partial charge is 0.466 e. The molecule has 2 atom stereocenters. The maximum absolute atomic E-state index is 10.8. The van der Waals surface area contributed by atoms with E-state index in [1.54, 1.807) is 5.57 Å². The number of carbonyl (C=O) groups is 1. The number of esters is 1. The Labute approximate surface area is 112 Å². The maximum Gasteiger partial charge on any atom is 0.302 e. The molecule has 2 nitrogen and oxygen atoms in total. The molecule has 0 heterocycles. The second-order valence-corrected chi connectivity index (χ2v) is 6.17. The molecule has 1 aliphatic rings. The SMILES string of the molecule is CCC/C=C(\C)[C@H]1C[C@@H](CCOC(C)=O)C1(C)C. The van der Waals surface area contributed by atoms with Gasteiger partial charge >= 0.3 is 5.97 Å². The molecule has 0 N–H and O–H groups in total. The highest BCUT2D eigenvalue weighted by Gasteiger charge is 2.47. The number of hydrogen-bond acceptors (Lipinski definition) is 2. The van der Waals surface area contributed by atoms with E-state index in [1.165, 1.54) is 26.2 Å². The highest BCUT2D eigenvalue weighted by atomic mass is 16.5. The summed E-state index contributed by atoms with van der Waals surface area (Å²) in [6, 6.07) is 0. The molecule has 1 rings (SSSR count). The van der Waals surface area contributed by atoms with Crippen molar-refractivity contribution >= 4 is 5.97 Å². The number of rotatable bonds is 6. The average Bonchev–Trinajstić information content (AvgIpc) is 2.29. The summed E-state index contributed by atoms with van der Waals surface area (Å²) in [4.78, 5) is 10.8. The molecule has 2 heteroatoms. The first kappa shape index (κ1) is 15.3. The van der Waals surface area contributed by atoms with Crippen LogP contribution in [0.3, 0.4) is 0 Å². The quantitative estimate of drug-likeness (QED) is 0.519. The Morgan fingerprint density at radius 3 is 2.56 bits per heavy atom. The van der Waals surface area contributed by atoms with Crippen molar-refractivity contribution in [2.24, 2.45) is 17.3 Å². The predicted molar refractivity (Wildman–Crippen MR) is 75.3 cm³/mol. The summed E-state index contributed by atoms with van der Waals surface area (Å²) in [6.45, 7) is 11.2. The average molecular weight is 252 g/mol. The van der Waals surface area contributed by atoms with Gasteiger partial charge in [-0.25, -0.2) is 0 Å². The number of carbonyl (C=O) groups excluding carboxylic acids is 1. The fourth-order valence-corrected chi connectivity index (χ4v) is 3.14. The Morgan fingerprint density at radius 2 is 2.06 bits per heavy atom. The molecule has 0 radical (unpaired) electrons. The van der Waals surface area contributed by atoms with E-state index in [4.69, 9.17) is 4.74 Å². The minimum absolute atomic E-state index is 0.164. The molecular formula is C16H28O2. The van der Waals surface area contributed by atoms with E-state index in [-0.39, 0.29) is 5.97 Å². The van der Waals surface area contributed by atoms with Gasteiger partial charge in [-0.2, -0.15) is 0 Å². The van der Waals surface area contributed by atoms with Crippen molar-refractivity contribution in [2.75, 3.05) is 6.61 Å². The predicted octanol–water partition coefficient (Wildman–Crippen LogP) is 4.35. The molecular weight excluding hydrogens is 224 g/mol. The van der Waals surface area contributed by atoms with Crippen LogP contribution in [0.2, 0.25) is 0 Å². The van der Waals surface area contributed by atoms with Gasteiger partial charge < -0.3 is 4.74 Å². The van der Waals surface area contributed by atoms with Crippen molar-refractivity contribution in [2.45, 2.75) is 60.3 Å². The Balaban J connectivity index is 2.43. The zero-order chi connectivity index (χ0) is 13.8. The third kappa shape index (κ3) is 3.60. The highest BCUT2D eigenvalue weighted by Crippen LogP contribution is 2.55. The number of hydrogen-bond donors (Lipinski definition) is 0. The van der Waals surface area contributed by atoms with Gasteiger partial charge in [0, 0.05) is 6.92 Å². The van der Waals surface area contributed by atoms with Gasteiger partial charge in [-0.05, 0) is 43.4 Å². The molecule has 0 aromatic carbocycles. The van der Waals surface area contributed by atoms with E-state index in [1.807, 2.05) is 0 Å². The van der Waals surface area contributed by atoms with E-state index in [2.05, 4.69) is 33.8 Å². The zero-order valence-electron chi connectivity index (χ0n) is 12.6. The third-order valence-electron chi connectivity index (χ3n) is 4.55. The molecule has 18 heavy (non-hydrogen) atoms. The first-order valence-corrected chi connectivity index (χ1v) is 7.19. The van der Waals surface area contributed by atoms with Crippen LogP contribution >= 0.6 is 0 Å². The first-order chi connectivity index (χ1) is 8.39. The summed E-state index contributed by atoms with van der Waals surface area (Å²) in [7, 11) is 0. The first-order valence-electron chi connectivity index (χ1n) is 7.19. The van der Waals surface area contributed by atoms with Crippen LogP contribution in [-0.2, 0) is 9.53 Å². The van der Waals surface area contributed by atoms with E-state index >= 15 is 0 Å². The zero-order valence-corrected chi connectivity index (χ0v) is 12.6. The molecule has 104 valence electrons. The monoisotopic (exact) mass is 252 g/mol. The summed E-state index contributed by atoms with van der Waals surface area (Å²) in [5, 5.41) is 0. The second-order valence-electron chi connectivity index (χ2n) is 6.17. The molecule has 1 saturated carbocycles. The summed E-state index contributed by atoms with van der Waals surface area (Å²) < 4.78 is 5.05. The van der Waals surface area contributed by atoms with Gasteiger partial charge in [-0.3, -0.25) is 4.79 Å². The molecule has 0 unspecified atom stereocenters. The Kier molecular flexibility index (Phi) is 5.43. The van der Waals surface area contributed by atoms with E-state index < -0.39 is 0 Å². The molecule has 0 spiro atoms. The number of allylic oxidation sites excluding steroid dienone is 2. The minimum atomic E-state index is -0.164. The van der Waals surface area contributed by atoms with Crippen LogP contribution in [-0.4, -0.2) is 12.6 Å². The van der Waals surface area contributed by atoms with Gasteiger partial charge in [0.25, 0.3) is 0 Å². The smallest absolute Gasteiger partial charge is 0.302 e. The lowest BCUT2D eigenvalue weighted by molar-refractivity contribution is -0.142. The van der Waals surface area contributed by atoms with Gasteiger partial charge in [0.2, 0.25) is 0 Å². The van der Waals surface area contributed by atoms with Crippen LogP contribution in [0.1, 0.15) is 60.3 Å². The van der Waals surface area contributed by atoms with E-state index in [0.717, 1.165) is 6.42 Å². The lowest BCUT2D eigenvalue weighted by Crippen LogP contribution is -2.45. The highest BCUT2D eigenvalue weighted by molar-refractivity contribution is 5.65. The normalized spacial score (nSPS) is 26.6. The molecule has 0 saturated heterocycles. The van der Waals surface area contributed by atoms with Crippen molar-refractivity contribution in [1.29, 1.82) is 0 Å². The van der Waals surface area contributed by atoms with E-state index in [0.29, 0.717) is 23.9 Å². The van der Waals surface area contributed by atoms with Gasteiger partial charge in [0.05, 0.1) is 6.61 Å². The van der Waals surface area contributed by atoms with Crippen LogP contribution in [0.15, 0.2) is 11.6 Å². The number of ether oxygens (including phenoxy) is 1. The Morgan fingerprint density at radius 1 is 1.39 bits per heavy atom. The molecule has 0 aromatic heterocycles. The summed E-state index contributed by atoms with van der Waals surface area (Å²) in [5.41, 5.74) is 1.90. The molecule has 1 fully saturated rings. The minimum Gasteiger partial charge on any atom is -0.466 e. The second kappa shape index (κ2) is 6.40. The van der Waals surface area contributed by atoms with Crippen LogP contribution in [0, 0.1) is 17.3 Å². The molecule has 0 aliphatic heterocycles. The van der Waals surface area contributed by atoms with Crippen molar-refractivity contribution in [3.8, 4) is 0 Å². The Hall–Kier alpha value is -0.790. The number of unbranched alkanes of at least 4 members (excludes halogenated alkanes) is 1. The van der Waals surface area contributed by atoms with Crippen molar-refractivity contribution < 1.29 is 9.53 Å². The summed E-state index contributed by atoms with van der Waals surface area (Å²) in [6.07, 6.45) is 7.07. The molecule has 0 bridgehead atoms. The van der Waals surface area contributed by atoms with Crippen LogP contribution in [0.4, 0.5) is 0 Å². The summed E-state index contributed by atoms with van der Waals surface area (Å²) >= 11 is 0. The standard InChI is InChI=1S/C16H28O2/c1-6-7-8-12(2)15-11-14(16(15,4)5)9-10-18-13(3)17/h8,14-15H,6-7,9-11H2,1-5H3/b12-8+/t14-,15-/m1/s1. The third-order valence-corrected chi connectivity index (χ3v) is 4.55. The van der Waals surface area contributed by atoms with E-state index in [9.17, 15) is 4.79 Å². The molecule has 0 aromatic rings. The fraction of sp³-hybridized carbons (Fsp3) is 0.812. The Bertz CT molecular complexity index is 315. The van der Waals surface area contributed by atoms with Crippen molar-refractivity contribution in [3.05, 3.63) is 11.6 Å². The van der Waals surface area contributed by atoms with Gasteiger partial charge in [0.1, 0.15) is 0 Å². The topological polar surface area (TPSA) is 26.3 Å². The van der Waals surface area contributed by atoms with Crippen LogP contribution in [0.5, 0.6) is 0 Å². The van der Waals surface area contributed by atoms with Crippen LogP contribution < -0.4 is 0 Å².